The zero-order valence-electron chi connectivity index (χ0n) is 14.7. The standard InChI is InChI=1S/C18H20N4O3S/c1-11-8-16(21-25-11)20-17(23)12-4-3-7-22(10-12)18-19-14-6-5-13(24-2)9-15(14)26-18/h5-6,8-9,12H,3-4,7,10H2,1-2H3,(H,20,21,23). The number of hydrogen-bond donors (Lipinski definition) is 1. The number of hydrogen-bond acceptors (Lipinski definition) is 7. The number of aromatic nitrogens is 2. The van der Waals surface area contributed by atoms with Crippen molar-refractivity contribution in [3.63, 3.8) is 0 Å². The van der Waals surface area contributed by atoms with Crippen LogP contribution in [0.2, 0.25) is 0 Å². The summed E-state index contributed by atoms with van der Waals surface area (Å²) in [5.41, 5.74) is 0.954. The smallest absolute Gasteiger partial charge is 0.230 e. The molecular formula is C18H20N4O3S. The number of methoxy groups -OCH3 is 1. The molecule has 1 aliphatic rings. The average molecular weight is 372 g/mol. The highest BCUT2D eigenvalue weighted by molar-refractivity contribution is 7.22. The lowest BCUT2D eigenvalue weighted by molar-refractivity contribution is -0.120. The Morgan fingerprint density at radius 3 is 3.08 bits per heavy atom. The summed E-state index contributed by atoms with van der Waals surface area (Å²) < 4.78 is 11.4. The van der Waals surface area contributed by atoms with Crippen LogP contribution < -0.4 is 15.0 Å². The molecule has 3 heterocycles. The lowest BCUT2D eigenvalue weighted by Gasteiger charge is -2.31. The number of carbonyl (C=O) groups is 1. The van der Waals surface area contributed by atoms with Crippen molar-refractivity contribution < 1.29 is 14.1 Å². The molecule has 7 nitrogen and oxygen atoms in total. The van der Waals surface area contributed by atoms with Crippen LogP contribution in [-0.4, -0.2) is 36.2 Å². The molecule has 3 aromatic rings. The molecular weight excluding hydrogens is 352 g/mol. The van der Waals surface area contributed by atoms with Crippen molar-refractivity contribution in [1.82, 2.24) is 10.1 Å². The Morgan fingerprint density at radius 1 is 1.42 bits per heavy atom. The zero-order valence-corrected chi connectivity index (χ0v) is 15.5. The van der Waals surface area contributed by atoms with E-state index >= 15 is 0 Å². The molecule has 0 aliphatic carbocycles. The molecule has 1 aliphatic heterocycles. The minimum absolute atomic E-state index is 0.0224. The van der Waals surface area contributed by atoms with Gasteiger partial charge in [0, 0.05) is 19.2 Å². The van der Waals surface area contributed by atoms with Crippen molar-refractivity contribution in [2.45, 2.75) is 19.8 Å². The first-order chi connectivity index (χ1) is 12.6. The van der Waals surface area contributed by atoms with E-state index in [9.17, 15) is 4.79 Å². The van der Waals surface area contributed by atoms with Gasteiger partial charge >= 0.3 is 0 Å². The second kappa shape index (κ2) is 6.95. The Morgan fingerprint density at radius 2 is 2.31 bits per heavy atom. The third-order valence-corrected chi connectivity index (χ3v) is 5.61. The van der Waals surface area contributed by atoms with Gasteiger partial charge in [0.2, 0.25) is 5.91 Å². The van der Waals surface area contributed by atoms with E-state index < -0.39 is 0 Å². The molecule has 1 N–H and O–H groups in total. The van der Waals surface area contributed by atoms with E-state index in [1.165, 1.54) is 0 Å². The van der Waals surface area contributed by atoms with Crippen molar-refractivity contribution in [1.29, 1.82) is 0 Å². The summed E-state index contributed by atoms with van der Waals surface area (Å²) >= 11 is 1.63. The molecule has 1 amide bonds. The summed E-state index contributed by atoms with van der Waals surface area (Å²) in [7, 11) is 1.66. The third-order valence-electron chi connectivity index (χ3n) is 4.53. The van der Waals surface area contributed by atoms with E-state index in [4.69, 9.17) is 14.2 Å². The number of carbonyl (C=O) groups excluding carboxylic acids is 1. The maximum atomic E-state index is 12.6. The first-order valence-electron chi connectivity index (χ1n) is 8.56. The summed E-state index contributed by atoms with van der Waals surface area (Å²) in [5.74, 6) is 1.85. The maximum absolute atomic E-state index is 12.6. The molecule has 1 saturated heterocycles. The summed E-state index contributed by atoms with van der Waals surface area (Å²) in [4.78, 5) is 19.5. The van der Waals surface area contributed by atoms with Crippen LogP contribution in [0, 0.1) is 12.8 Å². The van der Waals surface area contributed by atoms with E-state index in [0.717, 1.165) is 40.5 Å². The van der Waals surface area contributed by atoms with Gasteiger partial charge in [-0.3, -0.25) is 4.79 Å². The Balaban J connectivity index is 1.48. The second-order valence-corrected chi connectivity index (χ2v) is 7.44. The van der Waals surface area contributed by atoms with Crippen LogP contribution in [0.1, 0.15) is 18.6 Å². The molecule has 0 radical (unpaired) electrons. The van der Waals surface area contributed by atoms with Gasteiger partial charge in [-0.2, -0.15) is 0 Å². The van der Waals surface area contributed by atoms with Crippen molar-refractivity contribution in [3.8, 4) is 5.75 Å². The molecule has 4 rings (SSSR count). The SMILES string of the molecule is COc1ccc2nc(N3CCCC(C(=O)Nc4cc(C)on4)C3)sc2c1. The van der Waals surface area contributed by atoms with Gasteiger partial charge in [-0.25, -0.2) is 4.98 Å². The van der Waals surface area contributed by atoms with Crippen LogP contribution in [0.4, 0.5) is 10.9 Å². The number of nitrogens with one attached hydrogen (secondary N) is 1. The van der Waals surface area contributed by atoms with Crippen LogP contribution in [0.25, 0.3) is 10.2 Å². The van der Waals surface area contributed by atoms with E-state index in [1.807, 2.05) is 18.2 Å². The quantitative estimate of drug-likeness (QED) is 0.755. The van der Waals surface area contributed by atoms with Crippen LogP contribution >= 0.6 is 11.3 Å². The molecule has 1 unspecified atom stereocenters. The molecule has 0 spiro atoms. The zero-order chi connectivity index (χ0) is 18.1. The topological polar surface area (TPSA) is 80.5 Å². The highest BCUT2D eigenvalue weighted by atomic mass is 32.1. The number of nitrogens with zero attached hydrogens (tertiary/aromatic N) is 3. The third kappa shape index (κ3) is 3.37. The average Bonchev–Trinajstić information content (AvgIpc) is 3.27. The number of thiazole rings is 1. The Bertz CT molecular complexity index is 936. The molecule has 1 fully saturated rings. The van der Waals surface area contributed by atoms with Crippen molar-refractivity contribution in [2.24, 2.45) is 5.92 Å². The first kappa shape index (κ1) is 16.8. The first-order valence-corrected chi connectivity index (χ1v) is 9.38. The lowest BCUT2D eigenvalue weighted by Crippen LogP contribution is -2.40. The number of benzene rings is 1. The van der Waals surface area contributed by atoms with E-state index in [0.29, 0.717) is 18.1 Å². The number of aryl methyl sites for hydroxylation is 1. The molecule has 1 aromatic carbocycles. The molecule has 8 heteroatoms. The number of rotatable bonds is 4. The van der Waals surface area contributed by atoms with E-state index in [1.54, 1.807) is 31.4 Å². The van der Waals surface area contributed by atoms with Gasteiger partial charge < -0.3 is 19.5 Å². The number of piperidine rings is 1. The molecule has 26 heavy (non-hydrogen) atoms. The van der Waals surface area contributed by atoms with Gasteiger partial charge in [0.15, 0.2) is 10.9 Å². The highest BCUT2D eigenvalue weighted by Crippen LogP contribution is 2.33. The molecule has 1 atom stereocenters. The number of anilines is 2. The largest absolute Gasteiger partial charge is 0.497 e. The Labute approximate surface area is 154 Å². The Hall–Kier alpha value is -2.61. The predicted octanol–water partition coefficient (Wildman–Crippen LogP) is 3.46. The summed E-state index contributed by atoms with van der Waals surface area (Å²) in [5, 5.41) is 7.62. The number of fused-ring (bicyclic) bond motifs is 1. The highest BCUT2D eigenvalue weighted by Gasteiger charge is 2.28. The van der Waals surface area contributed by atoms with Gasteiger partial charge in [-0.15, -0.1) is 0 Å². The van der Waals surface area contributed by atoms with Crippen molar-refractivity contribution in [3.05, 3.63) is 30.0 Å². The van der Waals surface area contributed by atoms with Gasteiger partial charge in [-0.1, -0.05) is 16.5 Å². The van der Waals surface area contributed by atoms with Crippen LogP contribution in [0.3, 0.4) is 0 Å². The normalized spacial score (nSPS) is 17.5. The van der Waals surface area contributed by atoms with Crippen molar-refractivity contribution in [2.75, 3.05) is 30.4 Å². The fraction of sp³-hybridized carbons (Fsp3) is 0.389. The Kier molecular flexibility index (Phi) is 4.50. The molecule has 0 bridgehead atoms. The summed E-state index contributed by atoms with van der Waals surface area (Å²) in [6.07, 6.45) is 1.81. The number of ether oxygens (including phenoxy) is 1. The lowest BCUT2D eigenvalue weighted by atomic mass is 9.97. The maximum Gasteiger partial charge on any atom is 0.230 e. The minimum Gasteiger partial charge on any atom is -0.497 e. The van der Waals surface area contributed by atoms with Crippen LogP contribution in [0.5, 0.6) is 5.75 Å². The van der Waals surface area contributed by atoms with E-state index in [-0.39, 0.29) is 11.8 Å². The van der Waals surface area contributed by atoms with Crippen molar-refractivity contribution >= 4 is 38.4 Å². The van der Waals surface area contributed by atoms with Gasteiger partial charge in [0.1, 0.15) is 11.5 Å². The van der Waals surface area contributed by atoms with E-state index in [2.05, 4.69) is 15.4 Å². The second-order valence-electron chi connectivity index (χ2n) is 6.43. The predicted molar refractivity (Wildman–Crippen MR) is 101 cm³/mol. The summed E-state index contributed by atoms with van der Waals surface area (Å²) in [6, 6.07) is 7.60. The van der Waals surface area contributed by atoms with Gasteiger partial charge in [0.05, 0.1) is 23.2 Å². The van der Waals surface area contributed by atoms with Crippen LogP contribution in [0.15, 0.2) is 28.8 Å². The molecule has 136 valence electrons. The fourth-order valence-corrected chi connectivity index (χ4v) is 4.20. The minimum atomic E-state index is -0.0951. The van der Waals surface area contributed by atoms with Crippen LogP contribution in [-0.2, 0) is 4.79 Å². The summed E-state index contributed by atoms with van der Waals surface area (Å²) in [6.45, 7) is 3.36. The molecule has 2 aromatic heterocycles. The fourth-order valence-electron chi connectivity index (χ4n) is 3.17. The van der Waals surface area contributed by atoms with Gasteiger partial charge in [0.25, 0.3) is 0 Å². The van der Waals surface area contributed by atoms with Gasteiger partial charge in [-0.05, 0) is 38.0 Å². The monoisotopic (exact) mass is 372 g/mol. The molecule has 0 saturated carbocycles. The number of amides is 1.